The Balaban J connectivity index is 2.17. The molecule has 1 atom stereocenters. The molecule has 0 saturated carbocycles. The van der Waals surface area contributed by atoms with Gasteiger partial charge in [-0.25, -0.2) is 0 Å². The van der Waals surface area contributed by atoms with Crippen molar-refractivity contribution in [1.82, 2.24) is 4.57 Å². The molecule has 1 saturated heterocycles. The summed E-state index contributed by atoms with van der Waals surface area (Å²) in [4.78, 5) is 12.5. The smallest absolute Gasteiger partial charge is 0.269 e. The molecule has 6 heteroatoms. The Morgan fingerprint density at radius 2 is 2.24 bits per heavy atom. The maximum atomic E-state index is 12.5. The maximum absolute atomic E-state index is 12.5. The summed E-state index contributed by atoms with van der Waals surface area (Å²) in [5, 5.41) is 9.34. The van der Waals surface area contributed by atoms with Crippen LogP contribution < -0.4 is 5.56 Å². The minimum atomic E-state index is -0.811. The molecule has 21 heavy (non-hydrogen) atoms. The molecule has 0 aliphatic carbocycles. The maximum Gasteiger partial charge on any atom is 0.269 e. The summed E-state index contributed by atoms with van der Waals surface area (Å²) >= 11 is 0. The van der Waals surface area contributed by atoms with Crippen molar-refractivity contribution in [2.45, 2.75) is 31.6 Å². The molecule has 1 spiro atoms. The van der Waals surface area contributed by atoms with Gasteiger partial charge >= 0.3 is 0 Å². The number of nitrogens with zero attached hydrogens (tertiary/aromatic N) is 2. The zero-order valence-electron chi connectivity index (χ0n) is 12.2. The van der Waals surface area contributed by atoms with E-state index in [0.717, 1.165) is 5.69 Å². The summed E-state index contributed by atoms with van der Waals surface area (Å²) in [6, 6.07) is 3.92. The minimum Gasteiger partial charge on any atom is -0.384 e. The first-order valence-electron chi connectivity index (χ1n) is 7.08. The summed E-state index contributed by atoms with van der Waals surface area (Å²) in [6.45, 7) is 3.95. The van der Waals surface area contributed by atoms with Crippen molar-refractivity contribution in [1.29, 1.82) is 5.26 Å². The minimum absolute atomic E-state index is 0.0395. The second kappa shape index (κ2) is 5.26. The zero-order valence-corrected chi connectivity index (χ0v) is 12.2. The van der Waals surface area contributed by atoms with Gasteiger partial charge in [0.25, 0.3) is 5.56 Å². The second-order valence-corrected chi connectivity index (χ2v) is 5.48. The SMILES string of the molecule is COCC(C)c1cc2n(c(=O)c1C#N)CCC21OCCO1. The lowest BCUT2D eigenvalue weighted by atomic mass is 9.96. The monoisotopic (exact) mass is 290 g/mol. The van der Waals surface area contributed by atoms with E-state index < -0.39 is 5.79 Å². The summed E-state index contributed by atoms with van der Waals surface area (Å²) < 4.78 is 18.3. The number of pyridine rings is 1. The third-order valence-corrected chi connectivity index (χ3v) is 4.20. The zero-order chi connectivity index (χ0) is 15.0. The van der Waals surface area contributed by atoms with Crippen molar-refractivity contribution in [3.05, 3.63) is 33.2 Å². The van der Waals surface area contributed by atoms with Crippen molar-refractivity contribution in [3.63, 3.8) is 0 Å². The number of rotatable bonds is 3. The highest BCUT2D eigenvalue weighted by Gasteiger charge is 2.46. The molecule has 2 aliphatic rings. The van der Waals surface area contributed by atoms with E-state index in [1.807, 2.05) is 19.1 Å². The van der Waals surface area contributed by atoms with E-state index in [-0.39, 0.29) is 17.0 Å². The molecule has 0 amide bonds. The fourth-order valence-electron chi connectivity index (χ4n) is 3.18. The van der Waals surface area contributed by atoms with Crippen LogP contribution in [-0.4, -0.2) is 31.5 Å². The predicted octanol–water partition coefficient (Wildman–Crippen LogP) is 1.07. The van der Waals surface area contributed by atoms with Gasteiger partial charge in [-0.2, -0.15) is 5.26 Å². The quantitative estimate of drug-likeness (QED) is 0.832. The van der Waals surface area contributed by atoms with Crippen LogP contribution in [0.3, 0.4) is 0 Å². The van der Waals surface area contributed by atoms with E-state index >= 15 is 0 Å². The molecular formula is C15H18N2O4. The molecule has 1 aromatic heterocycles. The molecule has 3 rings (SSSR count). The molecule has 1 fully saturated rings. The summed E-state index contributed by atoms with van der Waals surface area (Å²) in [5.41, 5.74) is 1.36. The Morgan fingerprint density at radius 3 is 2.86 bits per heavy atom. The highest BCUT2D eigenvalue weighted by molar-refractivity contribution is 5.41. The lowest BCUT2D eigenvalue weighted by molar-refractivity contribution is -0.163. The summed E-state index contributed by atoms with van der Waals surface area (Å²) in [7, 11) is 1.60. The number of hydrogen-bond acceptors (Lipinski definition) is 5. The average molecular weight is 290 g/mol. The van der Waals surface area contributed by atoms with E-state index in [2.05, 4.69) is 0 Å². The second-order valence-electron chi connectivity index (χ2n) is 5.48. The molecule has 0 aromatic carbocycles. The van der Waals surface area contributed by atoms with Crippen LogP contribution >= 0.6 is 0 Å². The third-order valence-electron chi connectivity index (χ3n) is 4.20. The first-order chi connectivity index (χ1) is 10.1. The van der Waals surface area contributed by atoms with Crippen LogP contribution in [0.25, 0.3) is 0 Å². The van der Waals surface area contributed by atoms with Gasteiger partial charge in [-0.05, 0) is 11.6 Å². The Kier molecular flexibility index (Phi) is 3.57. The number of aromatic nitrogens is 1. The Morgan fingerprint density at radius 1 is 1.52 bits per heavy atom. The Labute approximate surface area is 122 Å². The van der Waals surface area contributed by atoms with Gasteiger partial charge in [0.2, 0.25) is 5.79 Å². The molecule has 1 aromatic rings. The highest BCUT2D eigenvalue weighted by atomic mass is 16.7. The van der Waals surface area contributed by atoms with Crippen LogP contribution in [-0.2, 0) is 26.5 Å². The lowest BCUT2D eigenvalue weighted by Gasteiger charge is -2.23. The van der Waals surface area contributed by atoms with Crippen LogP contribution in [0.1, 0.15) is 36.1 Å². The van der Waals surface area contributed by atoms with Crippen LogP contribution in [0.4, 0.5) is 0 Å². The molecule has 1 unspecified atom stereocenters. The molecule has 0 N–H and O–H groups in total. The molecule has 112 valence electrons. The predicted molar refractivity (Wildman–Crippen MR) is 73.9 cm³/mol. The van der Waals surface area contributed by atoms with Gasteiger partial charge < -0.3 is 18.8 Å². The van der Waals surface area contributed by atoms with E-state index in [1.165, 1.54) is 0 Å². The number of fused-ring (bicyclic) bond motifs is 2. The van der Waals surface area contributed by atoms with Crippen molar-refractivity contribution < 1.29 is 14.2 Å². The van der Waals surface area contributed by atoms with Gasteiger partial charge in [0.1, 0.15) is 11.6 Å². The average Bonchev–Trinajstić information content (AvgIpc) is 3.08. The number of methoxy groups -OCH3 is 1. The highest BCUT2D eigenvalue weighted by Crippen LogP contribution is 2.40. The number of hydrogen-bond donors (Lipinski definition) is 0. The lowest BCUT2D eigenvalue weighted by Crippen LogP contribution is -2.30. The Hall–Kier alpha value is -1.68. The van der Waals surface area contributed by atoms with Gasteiger partial charge in [0.05, 0.1) is 25.5 Å². The topological polar surface area (TPSA) is 73.5 Å². The first kappa shape index (κ1) is 14.3. The van der Waals surface area contributed by atoms with Gasteiger partial charge in [-0.3, -0.25) is 4.79 Å². The van der Waals surface area contributed by atoms with Gasteiger partial charge in [0, 0.05) is 26.0 Å². The fraction of sp³-hybridized carbons (Fsp3) is 0.600. The van der Waals surface area contributed by atoms with Crippen LogP contribution in [0.15, 0.2) is 10.9 Å². The van der Waals surface area contributed by atoms with Crippen LogP contribution in [0.5, 0.6) is 0 Å². The van der Waals surface area contributed by atoms with Crippen molar-refractivity contribution in [3.8, 4) is 6.07 Å². The summed E-state index contributed by atoms with van der Waals surface area (Å²) in [6.07, 6.45) is 0.606. The number of ether oxygens (including phenoxy) is 3. The van der Waals surface area contributed by atoms with Gasteiger partial charge in [-0.15, -0.1) is 0 Å². The van der Waals surface area contributed by atoms with Crippen molar-refractivity contribution in [2.75, 3.05) is 26.9 Å². The van der Waals surface area contributed by atoms with Crippen LogP contribution in [0, 0.1) is 11.3 Å². The summed E-state index contributed by atoms with van der Waals surface area (Å²) in [5.74, 6) is -0.850. The van der Waals surface area contributed by atoms with Crippen molar-refractivity contribution in [2.24, 2.45) is 0 Å². The van der Waals surface area contributed by atoms with E-state index in [4.69, 9.17) is 14.2 Å². The van der Waals surface area contributed by atoms with Gasteiger partial charge in [0.15, 0.2) is 0 Å². The van der Waals surface area contributed by atoms with Crippen molar-refractivity contribution >= 4 is 0 Å². The molecule has 0 bridgehead atoms. The molecule has 3 heterocycles. The normalized spacial score (nSPS) is 20.4. The fourth-order valence-corrected chi connectivity index (χ4v) is 3.18. The molecule has 0 radical (unpaired) electrons. The first-order valence-corrected chi connectivity index (χ1v) is 7.08. The van der Waals surface area contributed by atoms with E-state index in [9.17, 15) is 10.1 Å². The molecule has 2 aliphatic heterocycles. The Bertz CT molecular complexity index is 653. The van der Waals surface area contributed by atoms with Gasteiger partial charge in [-0.1, -0.05) is 6.92 Å². The number of nitriles is 1. The largest absolute Gasteiger partial charge is 0.384 e. The third kappa shape index (κ3) is 2.09. The molecular weight excluding hydrogens is 272 g/mol. The van der Waals surface area contributed by atoms with E-state index in [1.54, 1.807) is 11.7 Å². The van der Waals surface area contributed by atoms with E-state index in [0.29, 0.717) is 38.3 Å². The molecule has 6 nitrogen and oxygen atoms in total. The van der Waals surface area contributed by atoms with Crippen LogP contribution in [0.2, 0.25) is 0 Å². The standard InChI is InChI=1S/C15H18N2O4/c1-10(9-19-2)11-7-13-15(20-5-6-21-15)3-4-17(13)14(18)12(11)8-16/h7,10H,3-6,9H2,1-2H3.